The predicted octanol–water partition coefficient (Wildman–Crippen LogP) is 2.25. The molecule has 0 radical (unpaired) electrons. The maximum atomic E-state index is 6.56. The van der Waals surface area contributed by atoms with E-state index in [4.69, 9.17) is 5.73 Å². The van der Waals surface area contributed by atoms with Crippen molar-refractivity contribution in [2.45, 2.75) is 44.3 Å². The molecule has 1 aromatic rings. The van der Waals surface area contributed by atoms with Gasteiger partial charge in [-0.2, -0.15) is 0 Å². The van der Waals surface area contributed by atoms with E-state index in [1.165, 1.54) is 44.6 Å². The van der Waals surface area contributed by atoms with E-state index >= 15 is 0 Å². The number of fused-ring (bicyclic) bond motifs is 1. The van der Waals surface area contributed by atoms with Crippen LogP contribution in [0.25, 0.3) is 0 Å². The lowest BCUT2D eigenvalue weighted by molar-refractivity contribution is 0.0601. The van der Waals surface area contributed by atoms with Crippen LogP contribution < -0.4 is 5.73 Å². The monoisotopic (exact) mass is 273 g/mol. The molecule has 110 valence electrons. The van der Waals surface area contributed by atoms with Crippen LogP contribution in [0, 0.1) is 0 Å². The van der Waals surface area contributed by atoms with Gasteiger partial charge in [-0.1, -0.05) is 37.3 Å². The lowest BCUT2D eigenvalue weighted by atomic mass is 9.95. The summed E-state index contributed by atoms with van der Waals surface area (Å²) in [4.78, 5) is 5.31. The molecular formula is C17H27N3. The van der Waals surface area contributed by atoms with Gasteiger partial charge in [0.05, 0.1) is 0 Å². The highest BCUT2D eigenvalue weighted by molar-refractivity contribution is 5.20. The quantitative estimate of drug-likeness (QED) is 0.913. The normalized spacial score (nSPS) is 27.2. The summed E-state index contributed by atoms with van der Waals surface area (Å²) in [5.41, 5.74) is 7.83. The van der Waals surface area contributed by atoms with Gasteiger partial charge in [-0.15, -0.1) is 0 Å². The first-order valence-corrected chi connectivity index (χ1v) is 8.08. The molecule has 0 aromatic heterocycles. The minimum absolute atomic E-state index is 0.133. The SMILES string of the molecule is CCC(C(N)c1ccccc1)N1CCN2CCCC2C1. The molecular weight excluding hydrogens is 246 g/mol. The fourth-order valence-electron chi connectivity index (χ4n) is 3.95. The largest absolute Gasteiger partial charge is 0.323 e. The van der Waals surface area contributed by atoms with E-state index in [0.717, 1.165) is 12.5 Å². The summed E-state index contributed by atoms with van der Waals surface area (Å²) in [6.07, 6.45) is 3.87. The van der Waals surface area contributed by atoms with Crippen molar-refractivity contribution in [3.8, 4) is 0 Å². The van der Waals surface area contributed by atoms with Crippen LogP contribution in [0.2, 0.25) is 0 Å². The highest BCUT2D eigenvalue weighted by Gasteiger charge is 2.34. The summed E-state index contributed by atoms with van der Waals surface area (Å²) in [5, 5.41) is 0. The zero-order chi connectivity index (χ0) is 13.9. The fourth-order valence-corrected chi connectivity index (χ4v) is 3.95. The first kappa shape index (κ1) is 14.1. The van der Waals surface area contributed by atoms with E-state index in [1.54, 1.807) is 0 Å². The van der Waals surface area contributed by atoms with Crippen LogP contribution in [0.4, 0.5) is 0 Å². The summed E-state index contributed by atoms with van der Waals surface area (Å²) in [6.45, 7) is 7.19. The average molecular weight is 273 g/mol. The molecule has 0 bridgehead atoms. The Morgan fingerprint density at radius 1 is 1.20 bits per heavy atom. The van der Waals surface area contributed by atoms with Gasteiger partial charge in [0.2, 0.25) is 0 Å². The Balaban J connectivity index is 1.70. The molecule has 0 aliphatic carbocycles. The van der Waals surface area contributed by atoms with E-state index in [-0.39, 0.29) is 6.04 Å². The van der Waals surface area contributed by atoms with Gasteiger partial charge in [0.25, 0.3) is 0 Å². The van der Waals surface area contributed by atoms with Gasteiger partial charge >= 0.3 is 0 Å². The molecule has 1 aromatic carbocycles. The molecule has 20 heavy (non-hydrogen) atoms. The lowest BCUT2D eigenvalue weighted by Crippen LogP contribution is -2.55. The fraction of sp³-hybridized carbons (Fsp3) is 0.647. The first-order chi connectivity index (χ1) is 9.79. The number of nitrogens with two attached hydrogens (primary N) is 1. The molecule has 3 unspecified atom stereocenters. The molecule has 3 nitrogen and oxygen atoms in total. The van der Waals surface area contributed by atoms with Crippen molar-refractivity contribution in [1.82, 2.24) is 9.80 Å². The topological polar surface area (TPSA) is 32.5 Å². The van der Waals surface area contributed by atoms with E-state index in [0.29, 0.717) is 6.04 Å². The molecule has 3 rings (SSSR count). The van der Waals surface area contributed by atoms with Crippen LogP contribution in [-0.4, -0.2) is 48.1 Å². The molecule has 0 spiro atoms. The second-order valence-electron chi connectivity index (χ2n) is 6.24. The van der Waals surface area contributed by atoms with Gasteiger partial charge < -0.3 is 5.73 Å². The molecule has 2 saturated heterocycles. The third-order valence-electron chi connectivity index (χ3n) is 5.11. The molecule has 2 N–H and O–H groups in total. The molecule has 2 fully saturated rings. The number of hydrogen-bond donors (Lipinski definition) is 1. The maximum Gasteiger partial charge on any atom is 0.0453 e. The highest BCUT2D eigenvalue weighted by Crippen LogP contribution is 2.27. The summed E-state index contributed by atoms with van der Waals surface area (Å²) in [5.74, 6) is 0. The molecule has 2 aliphatic rings. The van der Waals surface area contributed by atoms with E-state index in [9.17, 15) is 0 Å². The van der Waals surface area contributed by atoms with Crippen LogP contribution in [-0.2, 0) is 0 Å². The number of hydrogen-bond acceptors (Lipinski definition) is 3. The van der Waals surface area contributed by atoms with Gasteiger partial charge in [-0.3, -0.25) is 9.80 Å². The Labute approximate surface area is 122 Å². The Bertz CT molecular complexity index is 420. The number of benzene rings is 1. The lowest BCUT2D eigenvalue weighted by Gasteiger charge is -2.43. The van der Waals surface area contributed by atoms with Crippen molar-refractivity contribution in [2.75, 3.05) is 26.2 Å². The molecule has 3 atom stereocenters. The van der Waals surface area contributed by atoms with E-state index < -0.39 is 0 Å². The van der Waals surface area contributed by atoms with Gasteiger partial charge in [0.1, 0.15) is 0 Å². The summed E-state index contributed by atoms with van der Waals surface area (Å²) in [7, 11) is 0. The predicted molar refractivity (Wildman–Crippen MR) is 83.6 cm³/mol. The summed E-state index contributed by atoms with van der Waals surface area (Å²) >= 11 is 0. The van der Waals surface area contributed by atoms with Crippen molar-refractivity contribution < 1.29 is 0 Å². The Morgan fingerprint density at radius 2 is 2.00 bits per heavy atom. The van der Waals surface area contributed by atoms with Gasteiger partial charge in [0.15, 0.2) is 0 Å². The van der Waals surface area contributed by atoms with Crippen molar-refractivity contribution >= 4 is 0 Å². The molecule has 2 heterocycles. The average Bonchev–Trinajstić information content (AvgIpc) is 2.96. The van der Waals surface area contributed by atoms with Crippen LogP contribution in [0.5, 0.6) is 0 Å². The maximum absolute atomic E-state index is 6.56. The van der Waals surface area contributed by atoms with E-state index in [2.05, 4.69) is 47.1 Å². The molecule has 3 heteroatoms. The highest BCUT2D eigenvalue weighted by atomic mass is 15.3. The smallest absolute Gasteiger partial charge is 0.0453 e. The van der Waals surface area contributed by atoms with Crippen molar-refractivity contribution in [2.24, 2.45) is 5.73 Å². The van der Waals surface area contributed by atoms with Crippen LogP contribution in [0.15, 0.2) is 30.3 Å². The minimum atomic E-state index is 0.133. The van der Waals surface area contributed by atoms with Gasteiger partial charge in [-0.05, 0) is 31.4 Å². The molecule has 2 aliphatic heterocycles. The van der Waals surface area contributed by atoms with Crippen molar-refractivity contribution in [3.05, 3.63) is 35.9 Å². The first-order valence-electron chi connectivity index (χ1n) is 8.08. The van der Waals surface area contributed by atoms with Crippen LogP contribution in [0.1, 0.15) is 37.8 Å². The van der Waals surface area contributed by atoms with Crippen LogP contribution >= 0.6 is 0 Å². The Kier molecular flexibility index (Phi) is 4.39. The zero-order valence-corrected chi connectivity index (χ0v) is 12.5. The van der Waals surface area contributed by atoms with Gasteiger partial charge in [0, 0.05) is 37.8 Å². The molecule has 0 saturated carbocycles. The Hall–Kier alpha value is -0.900. The van der Waals surface area contributed by atoms with E-state index in [1.807, 2.05) is 0 Å². The number of rotatable bonds is 4. The third-order valence-corrected chi connectivity index (χ3v) is 5.11. The zero-order valence-electron chi connectivity index (χ0n) is 12.5. The van der Waals surface area contributed by atoms with Crippen LogP contribution in [0.3, 0.4) is 0 Å². The number of nitrogens with zero attached hydrogens (tertiary/aromatic N) is 2. The minimum Gasteiger partial charge on any atom is -0.323 e. The number of piperazine rings is 1. The summed E-state index contributed by atoms with van der Waals surface area (Å²) in [6, 6.07) is 12.0. The second-order valence-corrected chi connectivity index (χ2v) is 6.24. The third kappa shape index (κ3) is 2.76. The standard InChI is InChI=1S/C17H27N3/c1-2-16(17(18)14-7-4-3-5-8-14)20-12-11-19-10-6-9-15(19)13-20/h3-5,7-8,15-17H,2,6,9-13,18H2,1H3. The Morgan fingerprint density at radius 3 is 2.75 bits per heavy atom. The van der Waals surface area contributed by atoms with Crippen molar-refractivity contribution in [3.63, 3.8) is 0 Å². The second kappa shape index (κ2) is 6.25. The molecule has 0 amide bonds. The van der Waals surface area contributed by atoms with Gasteiger partial charge in [-0.25, -0.2) is 0 Å². The summed E-state index contributed by atoms with van der Waals surface area (Å²) < 4.78 is 0. The van der Waals surface area contributed by atoms with Crippen molar-refractivity contribution in [1.29, 1.82) is 0 Å².